The van der Waals surface area contributed by atoms with Gasteiger partial charge in [-0.05, 0) is 48.4 Å². The highest BCUT2D eigenvalue weighted by molar-refractivity contribution is 6.00. The molecule has 0 unspecified atom stereocenters. The molecular formula is C23H22F2N4O5. The average Bonchev–Trinajstić information content (AvgIpc) is 3.28. The van der Waals surface area contributed by atoms with Crippen LogP contribution in [0.1, 0.15) is 24.4 Å². The number of benzene rings is 2. The standard InChI is InChI=1S/C23H22F2N4O5/c1-12(2)20(22(31)33-3)28-21(30)19-11-18(29-34-19)16-9-8-15(10-17(16)25)27-23(32)26-14-6-4-13(24)5-7-14/h4-12,20H,1-3H3,(H,28,30)(H2,26,27,32)/t20-/m0/s1. The SMILES string of the molecule is COC(=O)[C@@H](NC(=O)c1cc(-c2ccc(NC(=O)Nc3ccc(F)cc3)cc2F)no1)C(C)C. The molecule has 1 aromatic heterocycles. The monoisotopic (exact) mass is 472 g/mol. The summed E-state index contributed by atoms with van der Waals surface area (Å²) in [6.07, 6.45) is 0. The Morgan fingerprint density at radius 2 is 1.62 bits per heavy atom. The Kier molecular flexibility index (Phi) is 7.57. The summed E-state index contributed by atoms with van der Waals surface area (Å²) in [7, 11) is 1.21. The Morgan fingerprint density at radius 3 is 2.24 bits per heavy atom. The van der Waals surface area contributed by atoms with E-state index < -0.39 is 35.6 Å². The van der Waals surface area contributed by atoms with Gasteiger partial charge in [0.1, 0.15) is 23.4 Å². The second-order valence-electron chi connectivity index (χ2n) is 7.58. The van der Waals surface area contributed by atoms with Gasteiger partial charge < -0.3 is 25.2 Å². The van der Waals surface area contributed by atoms with E-state index in [0.29, 0.717) is 5.69 Å². The number of aromatic nitrogens is 1. The summed E-state index contributed by atoms with van der Waals surface area (Å²) >= 11 is 0. The molecule has 0 aliphatic heterocycles. The lowest BCUT2D eigenvalue weighted by Crippen LogP contribution is -2.44. The van der Waals surface area contributed by atoms with E-state index in [-0.39, 0.29) is 28.6 Å². The largest absolute Gasteiger partial charge is 0.467 e. The Balaban J connectivity index is 1.68. The summed E-state index contributed by atoms with van der Waals surface area (Å²) < 4.78 is 37.3. The fourth-order valence-electron chi connectivity index (χ4n) is 2.97. The van der Waals surface area contributed by atoms with Gasteiger partial charge in [0.05, 0.1) is 7.11 Å². The lowest BCUT2D eigenvalue weighted by molar-refractivity contribution is -0.144. The first-order chi connectivity index (χ1) is 16.2. The number of hydrogen-bond acceptors (Lipinski definition) is 6. The van der Waals surface area contributed by atoms with E-state index in [2.05, 4.69) is 25.8 Å². The number of methoxy groups -OCH3 is 1. The van der Waals surface area contributed by atoms with E-state index in [4.69, 9.17) is 4.52 Å². The van der Waals surface area contributed by atoms with Gasteiger partial charge in [0.25, 0.3) is 5.91 Å². The zero-order chi connectivity index (χ0) is 24.8. The third kappa shape index (κ3) is 5.94. The maximum absolute atomic E-state index is 14.7. The van der Waals surface area contributed by atoms with Gasteiger partial charge in [0.2, 0.25) is 5.76 Å². The van der Waals surface area contributed by atoms with E-state index in [0.717, 1.165) is 6.07 Å². The molecule has 0 saturated carbocycles. The summed E-state index contributed by atoms with van der Waals surface area (Å²) in [6.45, 7) is 3.47. The Morgan fingerprint density at radius 1 is 0.971 bits per heavy atom. The van der Waals surface area contributed by atoms with Gasteiger partial charge in [0.15, 0.2) is 0 Å². The minimum absolute atomic E-state index is 0.0284. The summed E-state index contributed by atoms with van der Waals surface area (Å²) in [6, 6.07) is 8.69. The molecule has 9 nitrogen and oxygen atoms in total. The summed E-state index contributed by atoms with van der Waals surface area (Å²) in [5, 5.41) is 11.2. The maximum Gasteiger partial charge on any atom is 0.328 e. The number of urea groups is 1. The van der Waals surface area contributed by atoms with Crippen molar-refractivity contribution in [2.45, 2.75) is 19.9 Å². The molecule has 0 aliphatic carbocycles. The Labute approximate surface area is 193 Å². The predicted molar refractivity (Wildman–Crippen MR) is 119 cm³/mol. The van der Waals surface area contributed by atoms with Crippen molar-refractivity contribution in [3.05, 3.63) is 65.9 Å². The number of nitrogens with one attached hydrogen (secondary N) is 3. The van der Waals surface area contributed by atoms with Gasteiger partial charge in [-0.3, -0.25) is 4.79 Å². The summed E-state index contributed by atoms with van der Waals surface area (Å²) in [5.41, 5.74) is 0.585. The number of carbonyl (C=O) groups excluding carboxylic acids is 3. The molecule has 3 rings (SSSR count). The second kappa shape index (κ2) is 10.6. The van der Waals surface area contributed by atoms with E-state index in [9.17, 15) is 23.2 Å². The van der Waals surface area contributed by atoms with Crippen molar-refractivity contribution in [2.75, 3.05) is 17.7 Å². The van der Waals surface area contributed by atoms with Crippen LogP contribution in [0.3, 0.4) is 0 Å². The van der Waals surface area contributed by atoms with E-state index in [1.165, 1.54) is 49.6 Å². The Hall–Kier alpha value is -4.28. The van der Waals surface area contributed by atoms with Crippen LogP contribution in [0.4, 0.5) is 25.0 Å². The highest BCUT2D eigenvalue weighted by Crippen LogP contribution is 2.25. The van der Waals surface area contributed by atoms with Gasteiger partial charge >= 0.3 is 12.0 Å². The molecule has 0 aliphatic rings. The molecule has 11 heteroatoms. The second-order valence-corrected chi connectivity index (χ2v) is 7.58. The molecule has 3 aromatic rings. The molecule has 34 heavy (non-hydrogen) atoms. The molecule has 0 bridgehead atoms. The van der Waals surface area contributed by atoms with Crippen LogP contribution in [0.25, 0.3) is 11.3 Å². The van der Waals surface area contributed by atoms with Crippen LogP contribution in [0.5, 0.6) is 0 Å². The smallest absolute Gasteiger partial charge is 0.328 e. The van der Waals surface area contributed by atoms with Gasteiger partial charge in [-0.25, -0.2) is 18.4 Å². The molecule has 2 aromatic carbocycles. The minimum Gasteiger partial charge on any atom is -0.467 e. The number of anilines is 2. The number of hydrogen-bond donors (Lipinski definition) is 3. The van der Waals surface area contributed by atoms with Crippen LogP contribution in [0, 0.1) is 17.6 Å². The topological polar surface area (TPSA) is 123 Å². The zero-order valence-corrected chi connectivity index (χ0v) is 18.5. The minimum atomic E-state index is -0.894. The van der Waals surface area contributed by atoms with Crippen LogP contribution in [-0.4, -0.2) is 36.2 Å². The van der Waals surface area contributed by atoms with Crippen LogP contribution < -0.4 is 16.0 Å². The molecule has 0 fully saturated rings. The summed E-state index contributed by atoms with van der Waals surface area (Å²) in [5.74, 6) is -2.95. The first-order valence-corrected chi connectivity index (χ1v) is 10.2. The van der Waals surface area contributed by atoms with Crippen LogP contribution >= 0.6 is 0 Å². The fourth-order valence-corrected chi connectivity index (χ4v) is 2.97. The van der Waals surface area contributed by atoms with Crippen molar-refractivity contribution < 1.29 is 32.4 Å². The normalized spacial score (nSPS) is 11.6. The molecule has 1 atom stereocenters. The quantitative estimate of drug-likeness (QED) is 0.443. The predicted octanol–water partition coefficient (Wildman–Crippen LogP) is 4.19. The van der Waals surface area contributed by atoms with Crippen molar-refractivity contribution in [1.82, 2.24) is 10.5 Å². The third-order valence-corrected chi connectivity index (χ3v) is 4.75. The number of carbonyl (C=O) groups is 3. The lowest BCUT2D eigenvalue weighted by Gasteiger charge is -2.18. The number of rotatable bonds is 7. The van der Waals surface area contributed by atoms with Crippen LogP contribution in [-0.2, 0) is 9.53 Å². The highest BCUT2D eigenvalue weighted by Gasteiger charge is 2.27. The van der Waals surface area contributed by atoms with Crippen molar-refractivity contribution in [3.8, 4) is 11.3 Å². The van der Waals surface area contributed by atoms with Crippen molar-refractivity contribution in [3.63, 3.8) is 0 Å². The third-order valence-electron chi connectivity index (χ3n) is 4.75. The average molecular weight is 472 g/mol. The van der Waals surface area contributed by atoms with E-state index >= 15 is 0 Å². The Bertz CT molecular complexity index is 1190. The number of amides is 3. The van der Waals surface area contributed by atoms with E-state index in [1.54, 1.807) is 13.8 Å². The molecule has 0 saturated heterocycles. The number of esters is 1. The van der Waals surface area contributed by atoms with E-state index in [1.807, 2.05) is 0 Å². The summed E-state index contributed by atoms with van der Waals surface area (Å²) in [4.78, 5) is 36.3. The number of nitrogens with zero attached hydrogens (tertiary/aromatic N) is 1. The van der Waals surface area contributed by atoms with Gasteiger partial charge in [-0.15, -0.1) is 0 Å². The molecule has 0 spiro atoms. The number of ether oxygens (including phenoxy) is 1. The van der Waals surface area contributed by atoms with Gasteiger partial charge in [-0.2, -0.15) is 0 Å². The first kappa shape index (κ1) is 24.4. The number of halogens is 2. The van der Waals surface area contributed by atoms with Crippen LogP contribution in [0.15, 0.2) is 53.1 Å². The van der Waals surface area contributed by atoms with Crippen molar-refractivity contribution in [2.24, 2.45) is 5.92 Å². The fraction of sp³-hybridized carbons (Fsp3) is 0.217. The molecule has 3 N–H and O–H groups in total. The zero-order valence-electron chi connectivity index (χ0n) is 18.5. The first-order valence-electron chi connectivity index (χ1n) is 10.2. The molecule has 0 radical (unpaired) electrons. The molecular weight excluding hydrogens is 450 g/mol. The molecule has 3 amide bonds. The van der Waals surface area contributed by atoms with Crippen molar-refractivity contribution >= 4 is 29.3 Å². The van der Waals surface area contributed by atoms with Crippen LogP contribution in [0.2, 0.25) is 0 Å². The van der Waals surface area contributed by atoms with Gasteiger partial charge in [0, 0.05) is 23.0 Å². The lowest BCUT2D eigenvalue weighted by atomic mass is 10.0. The maximum atomic E-state index is 14.7. The molecule has 178 valence electrons. The van der Waals surface area contributed by atoms with Gasteiger partial charge in [-0.1, -0.05) is 19.0 Å². The molecule has 1 heterocycles. The van der Waals surface area contributed by atoms with Crippen molar-refractivity contribution in [1.29, 1.82) is 0 Å². The highest BCUT2D eigenvalue weighted by atomic mass is 19.1.